The molecular formula is C11H8BrN3. The summed E-state index contributed by atoms with van der Waals surface area (Å²) < 4.78 is 1.01. The Balaban J connectivity index is 2.54. The molecule has 1 aromatic carbocycles. The molecular weight excluding hydrogens is 254 g/mol. The van der Waals surface area contributed by atoms with Gasteiger partial charge in [0.2, 0.25) is 5.82 Å². The number of aromatic nitrogens is 2. The van der Waals surface area contributed by atoms with E-state index in [1.54, 1.807) is 6.20 Å². The fourth-order valence-corrected chi connectivity index (χ4v) is 1.76. The summed E-state index contributed by atoms with van der Waals surface area (Å²) in [6, 6.07) is 7.98. The predicted octanol–water partition coefficient (Wildman–Crippen LogP) is 3.02. The van der Waals surface area contributed by atoms with Crippen molar-refractivity contribution in [2.75, 3.05) is 0 Å². The molecule has 0 unspecified atom stereocenters. The van der Waals surface area contributed by atoms with Crippen molar-refractivity contribution in [3.05, 3.63) is 40.3 Å². The SMILES string of the molecule is Cc1ccc(Br)cc1-c1cnc(C#N)[nH]1. The maximum absolute atomic E-state index is 8.67. The Bertz CT molecular complexity index is 537. The van der Waals surface area contributed by atoms with Gasteiger partial charge in [0.15, 0.2) is 0 Å². The first kappa shape index (κ1) is 9.94. The number of aryl methyl sites for hydroxylation is 1. The van der Waals surface area contributed by atoms with Crippen LogP contribution in [0.5, 0.6) is 0 Å². The zero-order chi connectivity index (χ0) is 10.8. The minimum atomic E-state index is 0.337. The van der Waals surface area contributed by atoms with Crippen molar-refractivity contribution in [2.45, 2.75) is 6.92 Å². The number of benzene rings is 1. The number of nitrogens with zero attached hydrogens (tertiary/aromatic N) is 2. The highest BCUT2D eigenvalue weighted by Gasteiger charge is 2.05. The third kappa shape index (κ3) is 1.92. The van der Waals surface area contributed by atoms with E-state index in [4.69, 9.17) is 5.26 Å². The topological polar surface area (TPSA) is 52.5 Å². The van der Waals surface area contributed by atoms with Crippen LogP contribution in [-0.4, -0.2) is 9.97 Å². The largest absolute Gasteiger partial charge is 0.329 e. The van der Waals surface area contributed by atoms with Crippen LogP contribution in [0, 0.1) is 18.3 Å². The third-order valence-electron chi connectivity index (χ3n) is 2.17. The van der Waals surface area contributed by atoms with Gasteiger partial charge < -0.3 is 4.98 Å². The highest BCUT2D eigenvalue weighted by Crippen LogP contribution is 2.25. The summed E-state index contributed by atoms with van der Waals surface area (Å²) in [6.45, 7) is 2.02. The zero-order valence-corrected chi connectivity index (χ0v) is 9.67. The Labute approximate surface area is 95.9 Å². The van der Waals surface area contributed by atoms with Gasteiger partial charge in [-0.25, -0.2) is 4.98 Å². The Morgan fingerprint density at radius 2 is 2.27 bits per heavy atom. The second kappa shape index (κ2) is 3.87. The van der Waals surface area contributed by atoms with Crippen molar-refractivity contribution in [1.29, 1.82) is 5.26 Å². The highest BCUT2D eigenvalue weighted by atomic mass is 79.9. The molecule has 0 spiro atoms. The molecule has 0 saturated carbocycles. The number of hydrogen-bond acceptors (Lipinski definition) is 2. The summed E-state index contributed by atoms with van der Waals surface area (Å²) in [7, 11) is 0. The van der Waals surface area contributed by atoms with Gasteiger partial charge in [0, 0.05) is 10.0 Å². The lowest BCUT2D eigenvalue weighted by Crippen LogP contribution is -1.83. The minimum Gasteiger partial charge on any atom is -0.329 e. The van der Waals surface area contributed by atoms with E-state index < -0.39 is 0 Å². The van der Waals surface area contributed by atoms with Gasteiger partial charge in [-0.2, -0.15) is 5.26 Å². The summed E-state index contributed by atoms with van der Waals surface area (Å²) in [6.07, 6.45) is 1.67. The number of imidazole rings is 1. The molecule has 0 radical (unpaired) electrons. The molecule has 1 heterocycles. The van der Waals surface area contributed by atoms with Crippen molar-refractivity contribution >= 4 is 15.9 Å². The molecule has 2 rings (SSSR count). The average molecular weight is 262 g/mol. The van der Waals surface area contributed by atoms with Crippen LogP contribution < -0.4 is 0 Å². The van der Waals surface area contributed by atoms with Crippen LogP contribution in [-0.2, 0) is 0 Å². The van der Waals surface area contributed by atoms with E-state index in [0.29, 0.717) is 5.82 Å². The molecule has 15 heavy (non-hydrogen) atoms. The van der Waals surface area contributed by atoms with Gasteiger partial charge in [0.25, 0.3) is 0 Å². The van der Waals surface area contributed by atoms with Gasteiger partial charge in [0.1, 0.15) is 6.07 Å². The van der Waals surface area contributed by atoms with Crippen LogP contribution in [0.3, 0.4) is 0 Å². The monoisotopic (exact) mass is 261 g/mol. The Kier molecular flexibility index (Phi) is 2.57. The van der Waals surface area contributed by atoms with E-state index in [0.717, 1.165) is 21.3 Å². The molecule has 1 N–H and O–H groups in total. The summed E-state index contributed by atoms with van der Waals surface area (Å²) in [5.74, 6) is 0.337. The normalized spacial score (nSPS) is 9.93. The quantitative estimate of drug-likeness (QED) is 0.858. The lowest BCUT2D eigenvalue weighted by molar-refractivity contribution is 1.23. The van der Waals surface area contributed by atoms with Crippen LogP contribution in [0.15, 0.2) is 28.9 Å². The summed E-state index contributed by atoms with van der Waals surface area (Å²) in [5.41, 5.74) is 3.06. The molecule has 2 aromatic rings. The van der Waals surface area contributed by atoms with Crippen molar-refractivity contribution in [1.82, 2.24) is 9.97 Å². The number of rotatable bonds is 1. The fraction of sp³-hybridized carbons (Fsp3) is 0.0909. The van der Waals surface area contributed by atoms with E-state index >= 15 is 0 Å². The summed E-state index contributed by atoms with van der Waals surface area (Å²) in [4.78, 5) is 6.90. The molecule has 0 fully saturated rings. The molecule has 0 aliphatic carbocycles. The number of hydrogen-bond donors (Lipinski definition) is 1. The second-order valence-electron chi connectivity index (χ2n) is 3.22. The van der Waals surface area contributed by atoms with Gasteiger partial charge in [-0.3, -0.25) is 0 Å². The van der Waals surface area contributed by atoms with Crippen molar-refractivity contribution in [2.24, 2.45) is 0 Å². The number of nitrogens with one attached hydrogen (secondary N) is 1. The van der Waals surface area contributed by atoms with Crippen LogP contribution in [0.25, 0.3) is 11.3 Å². The number of nitriles is 1. The van der Waals surface area contributed by atoms with E-state index in [1.165, 1.54) is 0 Å². The second-order valence-corrected chi connectivity index (χ2v) is 4.13. The van der Waals surface area contributed by atoms with Crippen molar-refractivity contribution in [3.8, 4) is 17.3 Å². The summed E-state index contributed by atoms with van der Waals surface area (Å²) in [5, 5.41) is 8.67. The average Bonchev–Trinajstić information content (AvgIpc) is 2.70. The van der Waals surface area contributed by atoms with Gasteiger partial charge in [-0.15, -0.1) is 0 Å². The standard InChI is InChI=1S/C11H8BrN3/c1-7-2-3-8(12)4-9(7)10-6-14-11(5-13)15-10/h2-4,6H,1H3,(H,14,15). The number of H-pyrrole nitrogens is 1. The summed E-state index contributed by atoms with van der Waals surface area (Å²) >= 11 is 3.42. The fourth-order valence-electron chi connectivity index (χ4n) is 1.40. The van der Waals surface area contributed by atoms with E-state index in [-0.39, 0.29) is 0 Å². The van der Waals surface area contributed by atoms with Crippen molar-refractivity contribution in [3.63, 3.8) is 0 Å². The Morgan fingerprint density at radius 3 is 2.93 bits per heavy atom. The van der Waals surface area contributed by atoms with Gasteiger partial charge in [-0.05, 0) is 24.6 Å². The lowest BCUT2D eigenvalue weighted by atomic mass is 10.1. The molecule has 74 valence electrons. The lowest BCUT2D eigenvalue weighted by Gasteiger charge is -2.03. The van der Waals surface area contributed by atoms with Crippen LogP contribution in [0.2, 0.25) is 0 Å². The van der Waals surface area contributed by atoms with E-state index in [2.05, 4.69) is 25.9 Å². The Hall–Kier alpha value is -1.60. The first-order chi connectivity index (χ1) is 7.20. The van der Waals surface area contributed by atoms with Crippen LogP contribution >= 0.6 is 15.9 Å². The minimum absolute atomic E-state index is 0.337. The first-order valence-corrected chi connectivity index (χ1v) is 5.21. The molecule has 0 saturated heterocycles. The van der Waals surface area contributed by atoms with Crippen LogP contribution in [0.1, 0.15) is 11.4 Å². The van der Waals surface area contributed by atoms with Crippen LogP contribution in [0.4, 0.5) is 0 Å². The molecule has 3 nitrogen and oxygen atoms in total. The maximum Gasteiger partial charge on any atom is 0.210 e. The predicted molar refractivity (Wildman–Crippen MR) is 61.2 cm³/mol. The molecule has 4 heteroatoms. The van der Waals surface area contributed by atoms with Crippen molar-refractivity contribution < 1.29 is 0 Å². The first-order valence-electron chi connectivity index (χ1n) is 4.42. The van der Waals surface area contributed by atoms with Gasteiger partial charge in [0.05, 0.1) is 11.9 Å². The molecule has 0 aliphatic heterocycles. The molecule has 0 atom stereocenters. The molecule has 0 bridgehead atoms. The number of halogens is 1. The molecule has 0 amide bonds. The highest BCUT2D eigenvalue weighted by molar-refractivity contribution is 9.10. The Morgan fingerprint density at radius 1 is 1.47 bits per heavy atom. The molecule has 1 aromatic heterocycles. The molecule has 0 aliphatic rings. The van der Waals surface area contributed by atoms with Gasteiger partial charge >= 0.3 is 0 Å². The maximum atomic E-state index is 8.67. The van der Waals surface area contributed by atoms with Gasteiger partial charge in [-0.1, -0.05) is 22.0 Å². The smallest absolute Gasteiger partial charge is 0.210 e. The van der Waals surface area contributed by atoms with E-state index in [1.807, 2.05) is 31.2 Å². The van der Waals surface area contributed by atoms with E-state index in [9.17, 15) is 0 Å². The third-order valence-corrected chi connectivity index (χ3v) is 2.66. The zero-order valence-electron chi connectivity index (χ0n) is 8.08. The number of aromatic amines is 1.